The van der Waals surface area contributed by atoms with Gasteiger partial charge in [0.2, 0.25) is 0 Å². The zero-order valence-corrected chi connectivity index (χ0v) is 20.7. The van der Waals surface area contributed by atoms with Gasteiger partial charge in [-0.2, -0.15) is 0 Å². The van der Waals surface area contributed by atoms with Gasteiger partial charge in [-0.15, -0.1) is 0 Å². The van der Waals surface area contributed by atoms with Gasteiger partial charge in [0.25, 0.3) is 0 Å². The highest BCUT2D eigenvalue weighted by atomic mass is 16.1. The highest BCUT2D eigenvalue weighted by Gasteiger charge is 2.45. The molecule has 0 spiro atoms. The second-order valence-electron chi connectivity index (χ2n) is 11.6. The quantitative estimate of drug-likeness (QED) is 0.337. The van der Waals surface area contributed by atoms with Gasteiger partial charge >= 0.3 is 0 Å². The zero-order valence-electron chi connectivity index (χ0n) is 20.7. The second-order valence-corrected chi connectivity index (χ2v) is 11.6. The fourth-order valence-corrected chi connectivity index (χ4v) is 7.84. The van der Waals surface area contributed by atoms with Crippen LogP contribution in [0.15, 0.2) is 82.5 Å². The minimum atomic E-state index is 0.119. The number of carbonyl (C=O) groups is 1. The average molecular weight is 453 g/mol. The summed E-state index contributed by atoms with van der Waals surface area (Å²) >= 11 is 0. The van der Waals surface area contributed by atoms with E-state index in [0.29, 0.717) is 29.5 Å². The Balaban J connectivity index is 1.14. The Bertz CT molecular complexity index is 1040. The molecule has 0 aliphatic heterocycles. The van der Waals surface area contributed by atoms with Crippen molar-refractivity contribution < 1.29 is 4.79 Å². The first kappa shape index (κ1) is 22.3. The van der Waals surface area contributed by atoms with Crippen LogP contribution in [0.4, 0.5) is 0 Å². The molecule has 0 bridgehead atoms. The third-order valence-electron chi connectivity index (χ3n) is 9.57. The maximum atomic E-state index is 13.8. The van der Waals surface area contributed by atoms with E-state index < -0.39 is 0 Å². The zero-order chi connectivity index (χ0) is 22.9. The molecule has 1 nitrogen and oxygen atoms in total. The van der Waals surface area contributed by atoms with Gasteiger partial charge in [-0.05, 0) is 99.5 Å². The summed E-state index contributed by atoms with van der Waals surface area (Å²) in [4.78, 5) is 13.8. The fraction of sp³-hybridized carbons (Fsp3) is 0.545. The van der Waals surface area contributed by atoms with Crippen molar-refractivity contribution in [3.63, 3.8) is 0 Å². The van der Waals surface area contributed by atoms with Crippen LogP contribution in [0.1, 0.15) is 83.5 Å². The maximum Gasteiger partial charge on any atom is 0.140 e. The van der Waals surface area contributed by atoms with Crippen LogP contribution in [-0.4, -0.2) is 5.78 Å². The number of carbonyl (C=O) groups excluding carboxylic acids is 1. The summed E-state index contributed by atoms with van der Waals surface area (Å²) in [6.45, 7) is 0. The predicted octanol–water partition coefficient (Wildman–Crippen LogP) is 8.53. The normalized spacial score (nSPS) is 34.1. The molecule has 1 saturated carbocycles. The molecule has 6 aliphatic carbocycles. The highest BCUT2D eigenvalue weighted by molar-refractivity contribution is 5.84. The van der Waals surface area contributed by atoms with Crippen molar-refractivity contribution in [2.75, 3.05) is 0 Å². The van der Waals surface area contributed by atoms with Gasteiger partial charge in [-0.3, -0.25) is 4.79 Å². The van der Waals surface area contributed by atoms with Crippen molar-refractivity contribution in [1.29, 1.82) is 0 Å². The van der Waals surface area contributed by atoms with Crippen LogP contribution in [0.3, 0.4) is 0 Å². The summed E-state index contributed by atoms with van der Waals surface area (Å²) in [6, 6.07) is 0. The standard InChI is InChI=1S/C33H40O/c34-32(19-17-24-16-18-27(20-24)25-10-3-4-11-25)31-22-30-28(21-23-8-1-2-9-23)14-7-15-29(30)33(31)26-12-5-6-13-26/h1-2,5-6,8,10,12,18,22,24,28-29,31,33H,3-4,7,9,11,13-17,19-21H2. The van der Waals surface area contributed by atoms with Crippen molar-refractivity contribution in [2.24, 2.45) is 29.6 Å². The van der Waals surface area contributed by atoms with E-state index in [-0.39, 0.29) is 5.92 Å². The average Bonchev–Trinajstić information content (AvgIpc) is 3.67. The van der Waals surface area contributed by atoms with Crippen LogP contribution in [0, 0.1) is 29.6 Å². The van der Waals surface area contributed by atoms with Gasteiger partial charge < -0.3 is 0 Å². The van der Waals surface area contributed by atoms with E-state index in [9.17, 15) is 4.79 Å². The van der Waals surface area contributed by atoms with E-state index in [1.54, 1.807) is 22.3 Å². The molecule has 1 fully saturated rings. The smallest absolute Gasteiger partial charge is 0.140 e. The van der Waals surface area contributed by atoms with Crippen LogP contribution in [0.25, 0.3) is 0 Å². The Morgan fingerprint density at radius 3 is 2.68 bits per heavy atom. The number of hydrogen-bond acceptors (Lipinski definition) is 1. The Labute approximate surface area is 206 Å². The molecule has 0 N–H and O–H groups in total. The SMILES string of the molecule is O=C(CCC1CC=C(C2=CCCC2)C1)C1C=C2C(CC3=CC=CC3)CCCC2C1C1=CC=CC1. The lowest BCUT2D eigenvalue weighted by Gasteiger charge is -2.35. The molecule has 5 unspecified atom stereocenters. The van der Waals surface area contributed by atoms with Gasteiger partial charge in [-0.25, -0.2) is 0 Å². The third-order valence-corrected chi connectivity index (χ3v) is 9.57. The molecule has 1 heteroatoms. The monoisotopic (exact) mass is 452 g/mol. The number of Topliss-reactive ketones (excluding diaryl/α,β-unsaturated/α-hetero) is 1. The van der Waals surface area contributed by atoms with Crippen molar-refractivity contribution in [1.82, 2.24) is 0 Å². The molecule has 34 heavy (non-hydrogen) atoms. The molecule has 6 rings (SSSR count). The number of hydrogen-bond donors (Lipinski definition) is 0. The minimum absolute atomic E-state index is 0.119. The number of fused-ring (bicyclic) bond motifs is 1. The summed E-state index contributed by atoms with van der Waals surface area (Å²) in [7, 11) is 0. The highest BCUT2D eigenvalue weighted by Crippen LogP contribution is 2.53. The van der Waals surface area contributed by atoms with Gasteiger partial charge in [-0.1, -0.05) is 77.8 Å². The van der Waals surface area contributed by atoms with Gasteiger partial charge in [0.05, 0.1) is 0 Å². The van der Waals surface area contributed by atoms with Crippen molar-refractivity contribution >= 4 is 5.78 Å². The fourth-order valence-electron chi connectivity index (χ4n) is 7.84. The van der Waals surface area contributed by atoms with Crippen LogP contribution in [0.2, 0.25) is 0 Å². The third kappa shape index (κ3) is 4.43. The minimum Gasteiger partial charge on any atom is -0.299 e. The van der Waals surface area contributed by atoms with Crippen molar-refractivity contribution in [3.8, 4) is 0 Å². The van der Waals surface area contributed by atoms with Crippen molar-refractivity contribution in [3.05, 3.63) is 82.5 Å². The number of rotatable bonds is 8. The summed E-state index contributed by atoms with van der Waals surface area (Å²) in [5.41, 5.74) is 7.96. The first-order valence-corrected chi connectivity index (χ1v) is 14.1. The molecule has 0 aromatic heterocycles. The van der Waals surface area contributed by atoms with Gasteiger partial charge in [0.1, 0.15) is 5.78 Å². The van der Waals surface area contributed by atoms with Crippen LogP contribution >= 0.6 is 0 Å². The Hall–Kier alpha value is -2.15. The number of allylic oxidation sites excluding steroid dienone is 14. The second kappa shape index (κ2) is 9.84. The van der Waals surface area contributed by atoms with Crippen LogP contribution < -0.4 is 0 Å². The molecule has 0 aromatic rings. The van der Waals surface area contributed by atoms with E-state index in [4.69, 9.17) is 0 Å². The molecule has 5 atom stereocenters. The van der Waals surface area contributed by atoms with Crippen LogP contribution in [0.5, 0.6) is 0 Å². The van der Waals surface area contributed by atoms with Gasteiger partial charge in [0, 0.05) is 18.3 Å². The Kier molecular flexibility index (Phi) is 6.46. The van der Waals surface area contributed by atoms with E-state index in [1.807, 2.05) is 0 Å². The van der Waals surface area contributed by atoms with Crippen molar-refractivity contribution in [2.45, 2.75) is 83.5 Å². The lowest BCUT2D eigenvalue weighted by molar-refractivity contribution is -0.122. The maximum absolute atomic E-state index is 13.8. The number of ketones is 1. The summed E-state index contributed by atoms with van der Waals surface area (Å²) in [5.74, 6) is 3.00. The lowest BCUT2D eigenvalue weighted by atomic mass is 9.69. The molecule has 178 valence electrons. The predicted molar refractivity (Wildman–Crippen MR) is 141 cm³/mol. The molecule has 0 amide bonds. The molecule has 0 radical (unpaired) electrons. The molecule has 0 heterocycles. The first-order chi connectivity index (χ1) is 16.8. The van der Waals surface area contributed by atoms with E-state index in [2.05, 4.69) is 54.7 Å². The Morgan fingerprint density at radius 2 is 1.88 bits per heavy atom. The summed E-state index contributed by atoms with van der Waals surface area (Å²) < 4.78 is 0. The largest absolute Gasteiger partial charge is 0.299 e. The molecule has 6 aliphatic rings. The van der Waals surface area contributed by atoms with Crippen LogP contribution in [-0.2, 0) is 4.79 Å². The first-order valence-electron chi connectivity index (χ1n) is 14.1. The Morgan fingerprint density at radius 1 is 0.971 bits per heavy atom. The topological polar surface area (TPSA) is 17.1 Å². The molecular formula is C33H40O. The summed E-state index contributed by atoms with van der Waals surface area (Å²) in [6.07, 6.45) is 36.4. The molecular weight excluding hydrogens is 412 g/mol. The van der Waals surface area contributed by atoms with E-state index in [1.165, 1.54) is 63.4 Å². The lowest BCUT2D eigenvalue weighted by Crippen LogP contribution is -2.28. The molecule has 0 aromatic carbocycles. The summed E-state index contributed by atoms with van der Waals surface area (Å²) in [5, 5.41) is 0. The van der Waals surface area contributed by atoms with Gasteiger partial charge in [0.15, 0.2) is 0 Å². The van der Waals surface area contributed by atoms with E-state index >= 15 is 0 Å². The molecule has 0 saturated heterocycles. The van der Waals surface area contributed by atoms with E-state index in [0.717, 1.165) is 25.7 Å².